The van der Waals surface area contributed by atoms with E-state index in [-0.39, 0.29) is 36.6 Å². The summed E-state index contributed by atoms with van der Waals surface area (Å²) in [6.07, 6.45) is 3.15. The van der Waals surface area contributed by atoms with Crippen molar-refractivity contribution in [3.8, 4) is 0 Å². The van der Waals surface area contributed by atoms with Crippen LogP contribution in [-0.4, -0.2) is 54.1 Å². The molecule has 0 aromatic heterocycles. The Bertz CT molecular complexity index is 1480. The predicted octanol–water partition coefficient (Wildman–Crippen LogP) is 4.23. The van der Waals surface area contributed by atoms with E-state index in [1.54, 1.807) is 4.90 Å². The lowest BCUT2D eigenvalue weighted by Crippen LogP contribution is -2.66. The van der Waals surface area contributed by atoms with Crippen molar-refractivity contribution in [3.63, 3.8) is 0 Å². The van der Waals surface area contributed by atoms with Gasteiger partial charge in [0.25, 0.3) is 5.91 Å². The zero-order valence-corrected chi connectivity index (χ0v) is 21.3. The average Bonchev–Trinajstić information content (AvgIpc) is 3.40. The summed E-state index contributed by atoms with van der Waals surface area (Å²) in [5, 5.41) is 3.07. The summed E-state index contributed by atoms with van der Waals surface area (Å²) < 4.78 is 0. The second-order valence-corrected chi connectivity index (χ2v) is 10.3. The number of ketones is 1. The van der Waals surface area contributed by atoms with Crippen molar-refractivity contribution < 1.29 is 14.4 Å². The lowest BCUT2D eigenvalue weighted by Gasteiger charge is -2.51. The van der Waals surface area contributed by atoms with Gasteiger partial charge in [0, 0.05) is 42.4 Å². The standard InChI is InChI=1S/C32H29N3O3/c1-3-28(36)35-19-24(18-22-12-6-4-7-13-22)29(37)31(21-35)26(23-14-8-5-9-15-23)20-34(2)32(31)25-16-10-11-17-27(25)33-30(32)38/h3-18,26H,1,19-21H2,2H3,(H,33,38)/b24-18+/t26-,31+,32+/m0/s1. The molecule has 2 spiro atoms. The zero-order valence-electron chi connectivity index (χ0n) is 21.3. The van der Waals surface area contributed by atoms with E-state index in [1.807, 2.05) is 103 Å². The second kappa shape index (κ2) is 8.92. The molecule has 0 radical (unpaired) electrons. The Morgan fingerprint density at radius 3 is 2.34 bits per heavy atom. The molecule has 1 N–H and O–H groups in total. The summed E-state index contributed by atoms with van der Waals surface area (Å²) in [5.41, 5.74) is 1.25. The Morgan fingerprint density at radius 2 is 1.63 bits per heavy atom. The number of para-hydroxylation sites is 1. The maximum Gasteiger partial charge on any atom is 0.250 e. The smallest absolute Gasteiger partial charge is 0.250 e. The minimum Gasteiger partial charge on any atom is -0.334 e. The Kier molecular flexibility index (Phi) is 5.65. The van der Waals surface area contributed by atoms with E-state index in [0.29, 0.717) is 17.8 Å². The number of carbonyl (C=O) groups excluding carboxylic acids is 3. The molecule has 0 saturated carbocycles. The number of carbonyl (C=O) groups is 3. The molecular weight excluding hydrogens is 474 g/mol. The molecule has 2 saturated heterocycles. The lowest BCUT2D eigenvalue weighted by molar-refractivity contribution is -0.150. The third-order valence-electron chi connectivity index (χ3n) is 8.49. The molecule has 0 bridgehead atoms. The van der Waals surface area contributed by atoms with Crippen molar-refractivity contribution >= 4 is 29.4 Å². The van der Waals surface area contributed by atoms with E-state index in [4.69, 9.17) is 0 Å². The molecule has 3 aromatic carbocycles. The fraction of sp³-hybridized carbons (Fsp3) is 0.219. The highest BCUT2D eigenvalue weighted by atomic mass is 16.2. The van der Waals surface area contributed by atoms with Gasteiger partial charge in [-0.2, -0.15) is 0 Å². The monoisotopic (exact) mass is 503 g/mol. The second-order valence-electron chi connectivity index (χ2n) is 10.3. The molecule has 6 nitrogen and oxygen atoms in total. The molecule has 0 unspecified atom stereocenters. The first kappa shape index (κ1) is 24.1. The minimum atomic E-state index is -1.29. The number of Topliss-reactive ketones (excluding diaryl/α,β-unsaturated/α-hetero) is 1. The van der Waals surface area contributed by atoms with Gasteiger partial charge in [0.15, 0.2) is 5.78 Å². The van der Waals surface area contributed by atoms with Crippen molar-refractivity contribution in [2.45, 2.75) is 11.5 Å². The average molecular weight is 504 g/mol. The van der Waals surface area contributed by atoms with Gasteiger partial charge in [-0.15, -0.1) is 0 Å². The van der Waals surface area contributed by atoms with Crippen molar-refractivity contribution in [1.29, 1.82) is 0 Å². The van der Waals surface area contributed by atoms with Gasteiger partial charge in [-0.1, -0.05) is 85.4 Å². The number of hydrogen-bond acceptors (Lipinski definition) is 4. The van der Waals surface area contributed by atoms with Crippen molar-refractivity contribution in [3.05, 3.63) is 120 Å². The van der Waals surface area contributed by atoms with E-state index >= 15 is 4.79 Å². The van der Waals surface area contributed by atoms with Crippen molar-refractivity contribution in [1.82, 2.24) is 9.80 Å². The number of nitrogens with zero attached hydrogens (tertiary/aromatic N) is 2. The maximum atomic E-state index is 15.0. The number of rotatable bonds is 3. The normalized spacial score (nSPS) is 27.7. The molecule has 3 heterocycles. The van der Waals surface area contributed by atoms with Crippen LogP contribution in [-0.2, 0) is 19.9 Å². The number of fused-ring (bicyclic) bond motifs is 3. The first-order valence-electron chi connectivity index (χ1n) is 12.8. The van der Waals surface area contributed by atoms with Crippen molar-refractivity contribution in [2.24, 2.45) is 5.41 Å². The minimum absolute atomic E-state index is 0.0977. The molecule has 3 aliphatic rings. The number of likely N-dealkylation sites (N-methyl/N-ethyl adjacent to an activating group) is 1. The summed E-state index contributed by atoms with van der Waals surface area (Å²) in [7, 11) is 1.91. The lowest BCUT2D eigenvalue weighted by atomic mass is 9.56. The molecule has 38 heavy (non-hydrogen) atoms. The van der Waals surface area contributed by atoms with Gasteiger partial charge in [0.05, 0.1) is 5.41 Å². The number of hydrogen-bond donors (Lipinski definition) is 1. The van der Waals surface area contributed by atoms with E-state index in [9.17, 15) is 9.59 Å². The van der Waals surface area contributed by atoms with Gasteiger partial charge in [-0.05, 0) is 36.4 Å². The van der Waals surface area contributed by atoms with E-state index in [2.05, 4.69) is 11.9 Å². The highest BCUT2D eigenvalue weighted by Gasteiger charge is 2.75. The topological polar surface area (TPSA) is 69.7 Å². The van der Waals surface area contributed by atoms with Gasteiger partial charge < -0.3 is 10.2 Å². The maximum absolute atomic E-state index is 15.0. The van der Waals surface area contributed by atoms with Crippen LogP contribution in [0.3, 0.4) is 0 Å². The first-order chi connectivity index (χ1) is 18.4. The molecule has 3 atom stereocenters. The summed E-state index contributed by atoms with van der Waals surface area (Å²) in [6.45, 7) is 4.47. The fourth-order valence-electron chi connectivity index (χ4n) is 6.99. The summed E-state index contributed by atoms with van der Waals surface area (Å²) in [6, 6.07) is 27.1. The fourth-order valence-corrected chi connectivity index (χ4v) is 6.99. The van der Waals surface area contributed by atoms with Gasteiger partial charge in [0.2, 0.25) is 5.91 Å². The molecule has 6 rings (SSSR count). The van der Waals surface area contributed by atoms with Gasteiger partial charge in [-0.3, -0.25) is 19.3 Å². The van der Waals surface area contributed by atoms with Gasteiger partial charge >= 0.3 is 0 Å². The van der Waals surface area contributed by atoms with Crippen LogP contribution in [0.25, 0.3) is 6.08 Å². The molecular formula is C32H29N3O3. The van der Waals surface area contributed by atoms with Crippen LogP contribution in [0, 0.1) is 5.41 Å². The number of anilines is 1. The highest BCUT2D eigenvalue weighted by Crippen LogP contribution is 2.64. The molecule has 2 amide bonds. The quantitative estimate of drug-likeness (QED) is 0.543. The van der Waals surface area contributed by atoms with Gasteiger partial charge in [0.1, 0.15) is 5.54 Å². The number of amides is 2. The largest absolute Gasteiger partial charge is 0.334 e. The molecule has 2 fully saturated rings. The van der Waals surface area contributed by atoms with Gasteiger partial charge in [-0.25, -0.2) is 0 Å². The van der Waals surface area contributed by atoms with Crippen LogP contribution in [0.1, 0.15) is 22.6 Å². The van der Waals surface area contributed by atoms with Crippen LogP contribution in [0.2, 0.25) is 0 Å². The zero-order chi connectivity index (χ0) is 26.5. The Labute approximate surface area is 222 Å². The van der Waals surface area contributed by atoms with E-state index < -0.39 is 11.0 Å². The summed E-state index contributed by atoms with van der Waals surface area (Å²) in [5.74, 6) is -0.934. The van der Waals surface area contributed by atoms with Crippen molar-refractivity contribution in [2.75, 3.05) is 32.0 Å². The SMILES string of the molecule is C=CC(=O)N1C/C(=C\c2ccccc2)C(=O)[C@@]2(C1)[C@H](c1ccccc1)CN(C)[C@]21C(=O)Nc2ccccc21. The molecule has 6 heteroatoms. The Hall–Kier alpha value is -4.29. The number of nitrogens with one attached hydrogen (secondary N) is 1. The van der Waals surface area contributed by atoms with E-state index in [0.717, 1.165) is 16.7 Å². The first-order valence-corrected chi connectivity index (χ1v) is 12.8. The van der Waals surface area contributed by atoms with Crippen LogP contribution >= 0.6 is 0 Å². The molecule has 3 aromatic rings. The van der Waals surface area contributed by atoms with E-state index in [1.165, 1.54) is 6.08 Å². The summed E-state index contributed by atoms with van der Waals surface area (Å²) in [4.78, 5) is 46.2. The molecule has 190 valence electrons. The predicted molar refractivity (Wildman–Crippen MR) is 147 cm³/mol. The molecule has 3 aliphatic heterocycles. The Balaban J connectivity index is 1.67. The third kappa shape index (κ3) is 3.20. The Morgan fingerprint density at radius 1 is 0.974 bits per heavy atom. The number of likely N-dealkylation sites (tertiary alicyclic amines) is 2. The van der Waals surface area contributed by atoms with Crippen LogP contribution < -0.4 is 5.32 Å². The van der Waals surface area contributed by atoms with Crippen LogP contribution in [0.5, 0.6) is 0 Å². The summed E-state index contributed by atoms with van der Waals surface area (Å²) >= 11 is 0. The third-order valence-corrected chi connectivity index (χ3v) is 8.49. The highest BCUT2D eigenvalue weighted by molar-refractivity contribution is 6.16. The number of piperidine rings is 1. The molecule has 0 aliphatic carbocycles. The van der Waals surface area contributed by atoms with Crippen LogP contribution in [0.4, 0.5) is 5.69 Å². The number of benzene rings is 3. The van der Waals surface area contributed by atoms with Crippen LogP contribution in [0.15, 0.2) is 103 Å².